The highest BCUT2D eigenvalue weighted by Crippen LogP contribution is 2.28. The van der Waals surface area contributed by atoms with Gasteiger partial charge in [0.05, 0.1) is 19.5 Å². The molecule has 0 aromatic carbocycles. The summed E-state index contributed by atoms with van der Waals surface area (Å²) in [6, 6.07) is 0. The van der Waals surface area contributed by atoms with Crippen molar-refractivity contribution in [3.63, 3.8) is 0 Å². The zero-order chi connectivity index (χ0) is 10.1. The third kappa shape index (κ3) is 1.58. The topological polar surface area (TPSA) is 81.9 Å². The Bertz CT molecular complexity index is 268. The Labute approximate surface area is 80.9 Å². The first-order valence-corrected chi connectivity index (χ1v) is 4.51. The van der Waals surface area contributed by atoms with E-state index in [2.05, 4.69) is 0 Å². The molecule has 0 bridgehead atoms. The van der Waals surface area contributed by atoms with E-state index in [0.717, 1.165) is 0 Å². The number of nitrogens with zero attached hydrogens (tertiary/aromatic N) is 1. The first-order valence-electron chi connectivity index (χ1n) is 4.51. The Morgan fingerprint density at radius 2 is 2.50 bits per heavy atom. The van der Waals surface area contributed by atoms with E-state index < -0.39 is 5.97 Å². The second-order valence-electron chi connectivity index (χ2n) is 3.35. The lowest BCUT2D eigenvalue weighted by atomic mass is 10.2. The van der Waals surface area contributed by atoms with Crippen molar-refractivity contribution in [3.05, 3.63) is 0 Å². The SMILES string of the molecule is NCC(=O)OCC1CN2C(=O)CC2O1. The molecular weight excluding hydrogens is 188 g/mol. The van der Waals surface area contributed by atoms with Crippen LogP contribution < -0.4 is 5.73 Å². The van der Waals surface area contributed by atoms with Crippen molar-refractivity contribution in [1.82, 2.24) is 4.90 Å². The number of carbonyl (C=O) groups is 2. The second-order valence-corrected chi connectivity index (χ2v) is 3.35. The number of hydrogen-bond donors (Lipinski definition) is 1. The molecule has 2 aliphatic heterocycles. The van der Waals surface area contributed by atoms with Gasteiger partial charge in [0, 0.05) is 0 Å². The van der Waals surface area contributed by atoms with Crippen LogP contribution in [0.3, 0.4) is 0 Å². The maximum atomic E-state index is 11.0. The van der Waals surface area contributed by atoms with Crippen molar-refractivity contribution >= 4 is 11.9 Å². The van der Waals surface area contributed by atoms with Gasteiger partial charge < -0.3 is 20.1 Å². The average Bonchev–Trinajstić information content (AvgIpc) is 2.51. The summed E-state index contributed by atoms with van der Waals surface area (Å²) in [6.07, 6.45) is 0.160. The Kier molecular flexibility index (Phi) is 2.39. The molecule has 14 heavy (non-hydrogen) atoms. The molecular formula is C8H12N2O4. The van der Waals surface area contributed by atoms with Gasteiger partial charge in [0.15, 0.2) is 0 Å². The Balaban J connectivity index is 1.74. The first-order chi connectivity index (χ1) is 6.70. The van der Waals surface area contributed by atoms with Crippen molar-refractivity contribution in [2.24, 2.45) is 5.73 Å². The maximum absolute atomic E-state index is 11.0. The van der Waals surface area contributed by atoms with Crippen molar-refractivity contribution in [2.45, 2.75) is 18.8 Å². The molecule has 1 amide bonds. The predicted molar refractivity (Wildman–Crippen MR) is 45.0 cm³/mol. The molecule has 6 nitrogen and oxygen atoms in total. The lowest BCUT2D eigenvalue weighted by molar-refractivity contribution is -0.159. The number of nitrogens with two attached hydrogens (primary N) is 1. The molecule has 2 heterocycles. The van der Waals surface area contributed by atoms with Gasteiger partial charge in [0.1, 0.15) is 18.9 Å². The molecule has 2 unspecified atom stereocenters. The number of rotatable bonds is 3. The molecule has 2 N–H and O–H groups in total. The lowest BCUT2D eigenvalue weighted by Crippen LogP contribution is -2.48. The zero-order valence-corrected chi connectivity index (χ0v) is 7.64. The van der Waals surface area contributed by atoms with E-state index in [4.69, 9.17) is 15.2 Å². The number of esters is 1. The van der Waals surface area contributed by atoms with Gasteiger partial charge in [-0.15, -0.1) is 0 Å². The van der Waals surface area contributed by atoms with Crippen LogP contribution in [-0.2, 0) is 19.1 Å². The van der Waals surface area contributed by atoms with E-state index >= 15 is 0 Å². The standard InChI is InChI=1S/C8H12N2O4/c9-2-8(12)13-4-5-3-10-6(11)1-7(10)14-5/h5,7H,1-4,9H2. The Morgan fingerprint density at radius 1 is 1.71 bits per heavy atom. The van der Waals surface area contributed by atoms with Gasteiger partial charge >= 0.3 is 5.97 Å². The van der Waals surface area contributed by atoms with Crippen LogP contribution in [0.15, 0.2) is 0 Å². The molecule has 6 heteroatoms. The summed E-state index contributed by atoms with van der Waals surface area (Å²) >= 11 is 0. The average molecular weight is 200 g/mol. The van der Waals surface area contributed by atoms with Gasteiger partial charge in [-0.1, -0.05) is 0 Å². The largest absolute Gasteiger partial charge is 0.462 e. The quantitative estimate of drug-likeness (QED) is 0.440. The number of amides is 1. The highest BCUT2D eigenvalue weighted by molar-refractivity contribution is 5.83. The van der Waals surface area contributed by atoms with E-state index in [9.17, 15) is 9.59 Å². The van der Waals surface area contributed by atoms with Gasteiger partial charge in [0.25, 0.3) is 0 Å². The summed E-state index contributed by atoms with van der Waals surface area (Å²) in [6.45, 7) is 0.566. The Morgan fingerprint density at radius 3 is 3.07 bits per heavy atom. The first kappa shape index (κ1) is 9.42. The van der Waals surface area contributed by atoms with Crippen LogP contribution in [0, 0.1) is 0 Å². The molecule has 0 aromatic heterocycles. The van der Waals surface area contributed by atoms with E-state index in [1.165, 1.54) is 0 Å². The Hall–Kier alpha value is -1.14. The fraction of sp³-hybridized carbons (Fsp3) is 0.750. The molecule has 0 spiro atoms. The summed E-state index contributed by atoms with van der Waals surface area (Å²) in [5.74, 6) is -0.350. The minimum atomic E-state index is -0.450. The number of β-lactam (4-membered cyclic amide) rings is 1. The van der Waals surface area contributed by atoms with Gasteiger partial charge in [-0.2, -0.15) is 0 Å². The van der Waals surface area contributed by atoms with Crippen molar-refractivity contribution in [1.29, 1.82) is 0 Å². The molecule has 0 saturated carbocycles. The second kappa shape index (κ2) is 3.55. The van der Waals surface area contributed by atoms with E-state index in [1.54, 1.807) is 4.90 Å². The zero-order valence-electron chi connectivity index (χ0n) is 7.64. The smallest absolute Gasteiger partial charge is 0.319 e. The third-order valence-electron chi connectivity index (χ3n) is 2.36. The number of carbonyl (C=O) groups excluding carboxylic acids is 2. The van der Waals surface area contributed by atoms with Gasteiger partial charge in [-0.3, -0.25) is 9.59 Å². The van der Waals surface area contributed by atoms with E-state index in [1.807, 2.05) is 0 Å². The summed E-state index contributed by atoms with van der Waals surface area (Å²) in [5, 5.41) is 0. The van der Waals surface area contributed by atoms with Crippen LogP contribution in [0.25, 0.3) is 0 Å². The lowest BCUT2D eigenvalue weighted by Gasteiger charge is -2.31. The van der Waals surface area contributed by atoms with Crippen LogP contribution >= 0.6 is 0 Å². The fourth-order valence-corrected chi connectivity index (χ4v) is 1.59. The summed E-state index contributed by atoms with van der Waals surface area (Å²) < 4.78 is 10.2. The predicted octanol–water partition coefficient (Wildman–Crippen LogP) is -1.55. The summed E-state index contributed by atoms with van der Waals surface area (Å²) in [4.78, 5) is 23.3. The summed E-state index contributed by atoms with van der Waals surface area (Å²) in [7, 11) is 0. The molecule has 2 saturated heterocycles. The van der Waals surface area contributed by atoms with Gasteiger partial charge in [0.2, 0.25) is 5.91 Å². The highest BCUT2D eigenvalue weighted by Gasteiger charge is 2.45. The molecule has 0 radical (unpaired) electrons. The molecule has 0 aromatic rings. The van der Waals surface area contributed by atoms with Crippen LogP contribution in [0.2, 0.25) is 0 Å². The number of fused-ring (bicyclic) bond motifs is 1. The normalized spacial score (nSPS) is 29.8. The monoisotopic (exact) mass is 200 g/mol. The highest BCUT2D eigenvalue weighted by atomic mass is 16.6. The molecule has 2 atom stereocenters. The minimum absolute atomic E-state index is 0.0934. The van der Waals surface area contributed by atoms with Crippen molar-refractivity contribution < 1.29 is 19.1 Å². The molecule has 78 valence electrons. The fourth-order valence-electron chi connectivity index (χ4n) is 1.59. The minimum Gasteiger partial charge on any atom is -0.462 e. The van der Waals surface area contributed by atoms with Crippen molar-refractivity contribution in [2.75, 3.05) is 19.7 Å². The van der Waals surface area contributed by atoms with E-state index in [-0.39, 0.29) is 31.4 Å². The molecule has 0 aliphatic carbocycles. The number of hydrogen-bond acceptors (Lipinski definition) is 5. The van der Waals surface area contributed by atoms with Crippen LogP contribution in [0.5, 0.6) is 0 Å². The molecule has 2 aliphatic rings. The third-order valence-corrected chi connectivity index (χ3v) is 2.36. The maximum Gasteiger partial charge on any atom is 0.319 e. The van der Waals surface area contributed by atoms with Crippen LogP contribution in [0.4, 0.5) is 0 Å². The van der Waals surface area contributed by atoms with E-state index in [0.29, 0.717) is 13.0 Å². The van der Waals surface area contributed by atoms with Crippen molar-refractivity contribution in [3.8, 4) is 0 Å². The molecule has 2 rings (SSSR count). The number of ether oxygens (including phenoxy) is 2. The van der Waals surface area contributed by atoms with Gasteiger partial charge in [-0.25, -0.2) is 0 Å². The van der Waals surface area contributed by atoms with Crippen LogP contribution in [-0.4, -0.2) is 48.8 Å². The van der Waals surface area contributed by atoms with Crippen LogP contribution in [0.1, 0.15) is 6.42 Å². The summed E-state index contributed by atoms with van der Waals surface area (Å²) in [5.41, 5.74) is 5.07. The van der Waals surface area contributed by atoms with Gasteiger partial charge in [-0.05, 0) is 0 Å². The molecule has 2 fully saturated rings.